The van der Waals surface area contributed by atoms with Crippen LogP contribution in [0.4, 0.5) is 5.88 Å². The quantitative estimate of drug-likeness (QED) is 0.915. The summed E-state index contributed by atoms with van der Waals surface area (Å²) < 4.78 is 5.42. The molecule has 0 saturated carbocycles. The van der Waals surface area contributed by atoms with Crippen LogP contribution in [0.15, 0.2) is 4.42 Å². The molecule has 1 saturated heterocycles. The number of anilines is 1. The van der Waals surface area contributed by atoms with Gasteiger partial charge in [0.05, 0.1) is 0 Å². The number of aryl methyl sites for hydroxylation is 1. The highest BCUT2D eigenvalue weighted by molar-refractivity contribution is 5.45. The molecular formula is C15H24N4O. The van der Waals surface area contributed by atoms with Gasteiger partial charge in [0.2, 0.25) is 11.6 Å². The molecule has 1 aliphatic heterocycles. The van der Waals surface area contributed by atoms with Crippen molar-refractivity contribution in [1.29, 1.82) is 5.26 Å². The number of hydrogen-bond acceptors (Lipinski definition) is 5. The van der Waals surface area contributed by atoms with Crippen LogP contribution in [0.5, 0.6) is 0 Å². The largest absolute Gasteiger partial charge is 0.424 e. The lowest BCUT2D eigenvalue weighted by Gasteiger charge is -2.38. The predicted octanol–water partition coefficient (Wildman–Crippen LogP) is 2.63. The van der Waals surface area contributed by atoms with Crippen molar-refractivity contribution in [2.24, 2.45) is 11.8 Å². The van der Waals surface area contributed by atoms with Crippen molar-refractivity contribution >= 4 is 5.88 Å². The smallest absolute Gasteiger partial charge is 0.232 e. The summed E-state index contributed by atoms with van der Waals surface area (Å²) >= 11 is 0. The van der Waals surface area contributed by atoms with E-state index in [4.69, 9.17) is 9.68 Å². The lowest BCUT2D eigenvalue weighted by molar-refractivity contribution is 0.108. The SMILES string of the molecule is Cc1nc(C#N)c(NCC(C)N2CC(C)CC(C)C2)o1. The van der Waals surface area contributed by atoms with Crippen LogP contribution in [0.2, 0.25) is 0 Å². The van der Waals surface area contributed by atoms with Crippen LogP contribution in [-0.2, 0) is 0 Å². The van der Waals surface area contributed by atoms with Crippen LogP contribution in [-0.4, -0.2) is 35.6 Å². The molecule has 1 aromatic rings. The van der Waals surface area contributed by atoms with Crippen LogP contribution in [0.3, 0.4) is 0 Å². The first-order valence-corrected chi connectivity index (χ1v) is 7.35. The van der Waals surface area contributed by atoms with Gasteiger partial charge in [-0.1, -0.05) is 13.8 Å². The summed E-state index contributed by atoms with van der Waals surface area (Å²) in [6.45, 7) is 11.7. The molecule has 3 unspecified atom stereocenters. The summed E-state index contributed by atoms with van der Waals surface area (Å²) in [6.07, 6.45) is 1.32. The Bertz CT molecular complexity index is 481. The van der Waals surface area contributed by atoms with Crippen molar-refractivity contribution in [2.75, 3.05) is 25.0 Å². The third-order valence-corrected chi connectivity index (χ3v) is 3.92. The number of hydrogen-bond donors (Lipinski definition) is 1. The Morgan fingerprint density at radius 2 is 2.10 bits per heavy atom. The number of nitrogens with one attached hydrogen (secondary N) is 1. The van der Waals surface area contributed by atoms with Gasteiger partial charge in [-0.25, -0.2) is 4.98 Å². The molecule has 110 valence electrons. The van der Waals surface area contributed by atoms with Gasteiger partial charge in [-0.2, -0.15) is 5.26 Å². The Kier molecular flexibility index (Phi) is 4.66. The fourth-order valence-corrected chi connectivity index (χ4v) is 3.06. The lowest BCUT2D eigenvalue weighted by atomic mass is 9.91. The molecule has 1 aliphatic rings. The first kappa shape index (κ1) is 14.9. The average molecular weight is 276 g/mol. The fraction of sp³-hybridized carbons (Fsp3) is 0.733. The Morgan fingerprint density at radius 1 is 1.45 bits per heavy atom. The topological polar surface area (TPSA) is 65.1 Å². The first-order chi connectivity index (χ1) is 9.49. The van der Waals surface area contributed by atoms with E-state index >= 15 is 0 Å². The highest BCUT2D eigenvalue weighted by Crippen LogP contribution is 2.23. The Morgan fingerprint density at radius 3 is 2.70 bits per heavy atom. The van der Waals surface area contributed by atoms with Gasteiger partial charge in [0.25, 0.3) is 0 Å². The number of oxazole rings is 1. The van der Waals surface area contributed by atoms with E-state index in [9.17, 15) is 0 Å². The van der Waals surface area contributed by atoms with Gasteiger partial charge in [0.1, 0.15) is 6.07 Å². The number of nitrogens with zero attached hydrogens (tertiary/aromatic N) is 3. The third-order valence-electron chi connectivity index (χ3n) is 3.92. The molecule has 2 heterocycles. The van der Waals surface area contributed by atoms with Crippen LogP contribution >= 0.6 is 0 Å². The lowest BCUT2D eigenvalue weighted by Crippen LogP contribution is -2.46. The van der Waals surface area contributed by atoms with Crippen LogP contribution < -0.4 is 5.32 Å². The molecule has 5 heteroatoms. The maximum Gasteiger partial charge on any atom is 0.232 e. The zero-order chi connectivity index (χ0) is 14.7. The average Bonchev–Trinajstić information content (AvgIpc) is 2.75. The number of piperidine rings is 1. The van der Waals surface area contributed by atoms with Crippen molar-refractivity contribution in [3.8, 4) is 6.07 Å². The van der Waals surface area contributed by atoms with Gasteiger partial charge in [0.15, 0.2) is 5.89 Å². The van der Waals surface area contributed by atoms with Crippen molar-refractivity contribution in [3.05, 3.63) is 11.6 Å². The van der Waals surface area contributed by atoms with Gasteiger partial charge < -0.3 is 9.73 Å². The number of aromatic nitrogens is 1. The zero-order valence-electron chi connectivity index (χ0n) is 12.8. The van der Waals surface area contributed by atoms with Crippen LogP contribution in [0.25, 0.3) is 0 Å². The summed E-state index contributed by atoms with van der Waals surface area (Å²) in [5, 5.41) is 12.2. The molecular weight excluding hydrogens is 252 g/mol. The fourth-order valence-electron chi connectivity index (χ4n) is 3.06. The van der Waals surface area contributed by atoms with Crippen molar-refractivity contribution in [2.45, 2.75) is 40.2 Å². The van der Waals surface area contributed by atoms with E-state index in [-0.39, 0.29) is 0 Å². The van der Waals surface area contributed by atoms with E-state index in [1.54, 1.807) is 6.92 Å². The zero-order valence-corrected chi connectivity index (χ0v) is 12.8. The molecule has 20 heavy (non-hydrogen) atoms. The van der Waals surface area contributed by atoms with E-state index in [0.717, 1.165) is 31.5 Å². The number of likely N-dealkylation sites (tertiary alicyclic amines) is 1. The second-order valence-electron chi connectivity index (χ2n) is 6.15. The van der Waals surface area contributed by atoms with E-state index < -0.39 is 0 Å². The molecule has 1 N–H and O–H groups in total. The molecule has 0 aromatic carbocycles. The van der Waals surface area contributed by atoms with Gasteiger partial charge in [-0.05, 0) is 25.2 Å². The molecule has 0 spiro atoms. The van der Waals surface area contributed by atoms with Crippen LogP contribution in [0.1, 0.15) is 38.8 Å². The standard InChI is InChI=1S/C15H24N4O/c1-10-5-11(2)9-19(8-10)12(3)7-17-15-14(6-16)18-13(4)20-15/h10-12,17H,5,7-9H2,1-4H3. The van der Waals surface area contributed by atoms with Gasteiger partial charge in [-0.3, -0.25) is 4.90 Å². The summed E-state index contributed by atoms with van der Waals surface area (Å²) in [5.74, 6) is 2.53. The minimum absolute atomic E-state index is 0.343. The minimum Gasteiger partial charge on any atom is -0.424 e. The van der Waals surface area contributed by atoms with Crippen LogP contribution in [0, 0.1) is 30.1 Å². The van der Waals surface area contributed by atoms with Crippen molar-refractivity contribution in [1.82, 2.24) is 9.88 Å². The summed E-state index contributed by atoms with van der Waals surface area (Å²) in [6, 6.07) is 2.47. The first-order valence-electron chi connectivity index (χ1n) is 7.35. The highest BCUT2D eigenvalue weighted by atomic mass is 16.4. The molecule has 0 amide bonds. The maximum absolute atomic E-state index is 8.99. The van der Waals surface area contributed by atoms with E-state index in [2.05, 4.69) is 42.0 Å². The summed E-state index contributed by atoms with van der Waals surface area (Å²) in [7, 11) is 0. The number of rotatable bonds is 4. The van der Waals surface area contributed by atoms with E-state index in [1.807, 2.05) is 0 Å². The Balaban J connectivity index is 1.91. The van der Waals surface area contributed by atoms with E-state index in [1.165, 1.54) is 6.42 Å². The van der Waals surface area contributed by atoms with Crippen molar-refractivity contribution in [3.63, 3.8) is 0 Å². The highest BCUT2D eigenvalue weighted by Gasteiger charge is 2.25. The Labute approximate surface area is 121 Å². The number of nitriles is 1. The van der Waals surface area contributed by atoms with Gasteiger partial charge >= 0.3 is 0 Å². The normalized spacial score (nSPS) is 25.1. The second kappa shape index (κ2) is 6.27. The molecule has 5 nitrogen and oxygen atoms in total. The van der Waals surface area contributed by atoms with Crippen molar-refractivity contribution < 1.29 is 4.42 Å². The molecule has 0 aliphatic carbocycles. The third kappa shape index (κ3) is 3.51. The molecule has 2 rings (SSSR count). The summed E-state index contributed by atoms with van der Waals surface area (Å²) in [4.78, 5) is 6.55. The molecule has 0 radical (unpaired) electrons. The van der Waals surface area contributed by atoms with E-state index in [0.29, 0.717) is 23.5 Å². The molecule has 1 fully saturated rings. The predicted molar refractivity (Wildman–Crippen MR) is 78.4 cm³/mol. The maximum atomic E-state index is 8.99. The summed E-state index contributed by atoms with van der Waals surface area (Å²) in [5.41, 5.74) is 0.343. The monoisotopic (exact) mass is 276 g/mol. The molecule has 0 bridgehead atoms. The molecule has 3 atom stereocenters. The minimum atomic E-state index is 0.343. The molecule has 1 aromatic heterocycles. The Hall–Kier alpha value is -1.54. The second-order valence-corrected chi connectivity index (χ2v) is 6.15. The van der Waals surface area contributed by atoms with Gasteiger partial charge in [-0.15, -0.1) is 0 Å². The van der Waals surface area contributed by atoms with Gasteiger partial charge in [0, 0.05) is 32.6 Å².